The van der Waals surface area contributed by atoms with Gasteiger partial charge < -0.3 is 9.73 Å². The van der Waals surface area contributed by atoms with E-state index in [1.165, 1.54) is 0 Å². The zero-order chi connectivity index (χ0) is 18.1. The molecule has 0 saturated heterocycles. The monoisotopic (exact) mass is 402 g/mol. The third-order valence-corrected chi connectivity index (χ3v) is 4.80. The molecule has 4 rings (SSSR count). The van der Waals surface area contributed by atoms with E-state index in [2.05, 4.69) is 10.3 Å². The summed E-state index contributed by atoms with van der Waals surface area (Å²) in [5.74, 6) is 0.564. The number of aromatic nitrogens is 1. The lowest BCUT2D eigenvalue weighted by atomic mass is 10.2. The highest BCUT2D eigenvalue weighted by Gasteiger charge is 2.09. The van der Waals surface area contributed by atoms with Gasteiger partial charge in [-0.2, -0.15) is 0 Å². The van der Waals surface area contributed by atoms with Crippen molar-refractivity contribution in [1.29, 1.82) is 0 Å². The quantitative estimate of drug-likeness (QED) is 0.396. The van der Waals surface area contributed by atoms with Crippen LogP contribution in [-0.4, -0.2) is 4.98 Å². The van der Waals surface area contributed by atoms with Gasteiger partial charge in [-0.3, -0.25) is 0 Å². The number of nitrogens with one attached hydrogen (secondary N) is 1. The smallest absolute Gasteiger partial charge is 0.227 e. The zero-order valence-corrected chi connectivity index (χ0v) is 15.7. The van der Waals surface area contributed by atoms with E-state index in [9.17, 15) is 0 Å². The van der Waals surface area contributed by atoms with E-state index < -0.39 is 0 Å². The fraction of sp³-hybridized carbons (Fsp3) is 0.0500. The number of fused-ring (bicyclic) bond motifs is 1. The van der Waals surface area contributed by atoms with Crippen molar-refractivity contribution in [2.75, 3.05) is 5.32 Å². The predicted molar refractivity (Wildman–Crippen MR) is 108 cm³/mol. The molecule has 0 aliphatic rings. The first-order valence-corrected chi connectivity index (χ1v) is 9.06. The van der Waals surface area contributed by atoms with Crippen molar-refractivity contribution in [3.05, 3.63) is 81.3 Å². The van der Waals surface area contributed by atoms with Gasteiger partial charge in [0.05, 0.1) is 0 Å². The molecule has 6 heteroatoms. The van der Waals surface area contributed by atoms with Gasteiger partial charge in [-0.25, -0.2) is 4.98 Å². The minimum atomic E-state index is 0.564. The van der Waals surface area contributed by atoms with Crippen molar-refractivity contribution >= 4 is 51.6 Å². The maximum Gasteiger partial charge on any atom is 0.227 e. The van der Waals surface area contributed by atoms with E-state index in [0.717, 1.165) is 22.3 Å². The molecule has 3 aromatic carbocycles. The predicted octanol–water partition coefficient (Wildman–Crippen LogP) is 7.07. The molecule has 0 unspecified atom stereocenters. The Morgan fingerprint density at radius 2 is 1.58 bits per heavy atom. The van der Waals surface area contributed by atoms with Crippen LogP contribution >= 0.6 is 34.8 Å². The molecular weight excluding hydrogens is 391 g/mol. The summed E-state index contributed by atoms with van der Waals surface area (Å²) >= 11 is 18.1. The summed E-state index contributed by atoms with van der Waals surface area (Å²) in [7, 11) is 0. The molecule has 0 atom stereocenters. The van der Waals surface area contributed by atoms with Crippen LogP contribution in [0.2, 0.25) is 15.1 Å². The maximum absolute atomic E-state index is 6.20. The van der Waals surface area contributed by atoms with Crippen LogP contribution in [0.3, 0.4) is 0 Å². The number of anilines is 1. The largest absolute Gasteiger partial charge is 0.436 e. The normalized spacial score (nSPS) is 11.0. The Morgan fingerprint density at radius 1 is 0.846 bits per heavy atom. The number of halogens is 3. The van der Waals surface area contributed by atoms with Crippen LogP contribution in [0.15, 0.2) is 65.1 Å². The van der Waals surface area contributed by atoms with Gasteiger partial charge in [-0.1, -0.05) is 40.9 Å². The van der Waals surface area contributed by atoms with Gasteiger partial charge in [-0.15, -0.1) is 0 Å². The third kappa shape index (κ3) is 3.65. The van der Waals surface area contributed by atoms with Crippen molar-refractivity contribution in [2.45, 2.75) is 6.54 Å². The summed E-state index contributed by atoms with van der Waals surface area (Å²) in [6, 6.07) is 18.7. The molecule has 1 aromatic heterocycles. The first kappa shape index (κ1) is 17.2. The van der Waals surface area contributed by atoms with E-state index >= 15 is 0 Å². The summed E-state index contributed by atoms with van der Waals surface area (Å²) in [5, 5.41) is 5.25. The molecular formula is C20H13Cl3N2O. The number of hydrogen-bond donors (Lipinski definition) is 1. The molecule has 0 amide bonds. The molecule has 3 nitrogen and oxygen atoms in total. The summed E-state index contributed by atoms with van der Waals surface area (Å²) in [5.41, 5.74) is 4.30. The Kier molecular flexibility index (Phi) is 4.77. The highest BCUT2D eigenvalue weighted by molar-refractivity contribution is 6.35. The summed E-state index contributed by atoms with van der Waals surface area (Å²) < 4.78 is 5.79. The van der Waals surface area contributed by atoms with Gasteiger partial charge in [-0.05, 0) is 60.2 Å². The third-order valence-electron chi connectivity index (χ3n) is 3.98. The summed E-state index contributed by atoms with van der Waals surface area (Å²) in [6.45, 7) is 0.608. The Balaban J connectivity index is 1.50. The Bertz CT molecular complexity index is 1070. The van der Waals surface area contributed by atoms with E-state index in [-0.39, 0.29) is 0 Å². The van der Waals surface area contributed by atoms with Crippen LogP contribution in [-0.2, 0) is 6.54 Å². The fourth-order valence-electron chi connectivity index (χ4n) is 2.62. The summed E-state index contributed by atoms with van der Waals surface area (Å²) in [6.07, 6.45) is 0. The van der Waals surface area contributed by atoms with Crippen LogP contribution < -0.4 is 5.32 Å². The minimum absolute atomic E-state index is 0.564. The van der Waals surface area contributed by atoms with Crippen molar-refractivity contribution in [3.63, 3.8) is 0 Å². The molecule has 130 valence electrons. The number of benzene rings is 3. The second-order valence-electron chi connectivity index (χ2n) is 5.80. The summed E-state index contributed by atoms with van der Waals surface area (Å²) in [4.78, 5) is 4.49. The first-order chi connectivity index (χ1) is 12.6. The van der Waals surface area contributed by atoms with Crippen molar-refractivity contribution in [3.8, 4) is 11.5 Å². The van der Waals surface area contributed by atoms with Crippen molar-refractivity contribution in [2.24, 2.45) is 0 Å². The molecule has 1 heterocycles. The lowest BCUT2D eigenvalue weighted by molar-refractivity contribution is 0.620. The van der Waals surface area contributed by atoms with Gasteiger partial charge in [0.1, 0.15) is 5.52 Å². The molecule has 0 bridgehead atoms. The topological polar surface area (TPSA) is 38.1 Å². The second-order valence-corrected chi connectivity index (χ2v) is 7.08. The zero-order valence-electron chi connectivity index (χ0n) is 13.5. The molecule has 0 spiro atoms. The molecule has 0 aliphatic heterocycles. The van der Waals surface area contributed by atoms with Crippen LogP contribution in [0.1, 0.15) is 5.56 Å². The van der Waals surface area contributed by atoms with Crippen LogP contribution in [0, 0.1) is 0 Å². The van der Waals surface area contributed by atoms with Crippen LogP contribution in [0.4, 0.5) is 5.69 Å². The van der Waals surface area contributed by atoms with Gasteiger partial charge in [0, 0.05) is 32.9 Å². The molecule has 4 aromatic rings. The molecule has 0 saturated carbocycles. The lowest BCUT2D eigenvalue weighted by Gasteiger charge is -2.08. The Labute approximate surface area is 165 Å². The highest BCUT2D eigenvalue weighted by Crippen LogP contribution is 2.27. The molecule has 1 N–H and O–H groups in total. The molecule has 0 radical (unpaired) electrons. The SMILES string of the molecule is Clc1ccc(CNc2ccc(-c3nc4cc(Cl)ccc4o3)cc2)c(Cl)c1. The van der Waals surface area contributed by atoms with Gasteiger partial charge >= 0.3 is 0 Å². The number of nitrogens with zero attached hydrogens (tertiary/aromatic N) is 1. The number of rotatable bonds is 4. The van der Waals surface area contributed by atoms with Gasteiger partial charge in [0.15, 0.2) is 5.58 Å². The van der Waals surface area contributed by atoms with Crippen LogP contribution in [0.5, 0.6) is 0 Å². The fourth-order valence-corrected chi connectivity index (χ4v) is 3.26. The maximum atomic E-state index is 6.20. The molecule has 26 heavy (non-hydrogen) atoms. The first-order valence-electron chi connectivity index (χ1n) is 7.93. The van der Waals surface area contributed by atoms with E-state index in [0.29, 0.717) is 33.1 Å². The van der Waals surface area contributed by atoms with Gasteiger partial charge in [0.25, 0.3) is 0 Å². The number of hydrogen-bond acceptors (Lipinski definition) is 3. The molecule has 0 fully saturated rings. The van der Waals surface area contributed by atoms with Crippen LogP contribution in [0.25, 0.3) is 22.6 Å². The Morgan fingerprint density at radius 3 is 2.35 bits per heavy atom. The average Bonchev–Trinajstić information content (AvgIpc) is 3.04. The standard InChI is InChI=1S/C20H13Cl3N2O/c21-14-4-1-13(17(23)9-14)11-24-16-6-2-12(3-7-16)20-25-18-10-15(22)5-8-19(18)26-20/h1-10,24H,11H2. The van der Waals surface area contributed by atoms with E-state index in [1.54, 1.807) is 18.2 Å². The average molecular weight is 404 g/mol. The molecule has 0 aliphatic carbocycles. The Hall–Kier alpha value is -2.20. The second kappa shape index (κ2) is 7.20. The highest BCUT2D eigenvalue weighted by atomic mass is 35.5. The van der Waals surface area contributed by atoms with Gasteiger partial charge in [0.2, 0.25) is 5.89 Å². The number of oxazole rings is 1. The minimum Gasteiger partial charge on any atom is -0.436 e. The van der Waals surface area contributed by atoms with E-state index in [4.69, 9.17) is 39.2 Å². The van der Waals surface area contributed by atoms with Crippen molar-refractivity contribution in [1.82, 2.24) is 4.98 Å². The van der Waals surface area contributed by atoms with E-state index in [1.807, 2.05) is 42.5 Å². The lowest BCUT2D eigenvalue weighted by Crippen LogP contribution is -1.99. The van der Waals surface area contributed by atoms with Crippen molar-refractivity contribution < 1.29 is 4.42 Å².